The van der Waals surface area contributed by atoms with Gasteiger partial charge in [-0.2, -0.15) is 0 Å². The van der Waals surface area contributed by atoms with E-state index in [0.29, 0.717) is 50.0 Å². The lowest BCUT2D eigenvalue weighted by Gasteiger charge is -2.44. The van der Waals surface area contributed by atoms with E-state index in [2.05, 4.69) is 125 Å². The van der Waals surface area contributed by atoms with Gasteiger partial charge in [-0.05, 0) is 170 Å². The highest BCUT2D eigenvalue weighted by atomic mass is 19.1. The third-order valence-corrected chi connectivity index (χ3v) is 26.2. The van der Waals surface area contributed by atoms with Crippen molar-refractivity contribution in [3.8, 4) is 0 Å². The SMILES string of the molecule is CC(=O)c1cn(CC(C)CN2CCC(O)(Cc3ccccc3)CC2)c2ccccc12.CC(=O)c1cn(CC(O)CN2CCN(C(C)c3ccccc3)CC2)c2ccccc12.CC(=O)c1cn(CCCCN2CCC(O)(Cc3ccccc3)CC2)c2ccccc12.CC(=O)c1cn(CCN2C3CCC2CC(O)(c2ccc(F)cc2)C3)c2ccccc12. The van der Waals surface area contributed by atoms with Gasteiger partial charge >= 0.3 is 0 Å². The first kappa shape index (κ1) is 86.5. The molecular weight excluding hydrogens is 1500 g/mol. The maximum Gasteiger partial charge on any atom is 0.161 e. The fraction of sp³-hybridized carbons (Fsp3) is 0.412. The van der Waals surface area contributed by atoms with E-state index >= 15 is 0 Å². The first-order valence-corrected chi connectivity index (χ1v) is 43.7. The molecule has 5 fully saturated rings. The van der Waals surface area contributed by atoms with Gasteiger partial charge in [-0.1, -0.05) is 183 Å². The Morgan fingerprint density at radius 2 is 0.775 bits per heavy atom. The normalized spacial score (nSPS) is 19.7. The largest absolute Gasteiger partial charge is 0.390 e. The number of aromatic nitrogens is 4. The van der Waals surface area contributed by atoms with Crippen LogP contribution in [-0.2, 0) is 44.6 Å². The molecule has 120 heavy (non-hydrogen) atoms. The van der Waals surface area contributed by atoms with Gasteiger partial charge in [-0.15, -0.1) is 0 Å². The van der Waals surface area contributed by atoms with E-state index in [9.17, 15) is 44.0 Å². The van der Waals surface area contributed by atoms with Crippen LogP contribution in [0.15, 0.2) is 237 Å². The fourth-order valence-corrected chi connectivity index (χ4v) is 19.6. The molecule has 9 heterocycles. The highest BCUT2D eigenvalue weighted by molar-refractivity contribution is 6.09. The van der Waals surface area contributed by atoms with Crippen molar-refractivity contribution in [1.82, 2.24) is 42.8 Å². The monoisotopic (exact) mass is 1620 g/mol. The van der Waals surface area contributed by atoms with Crippen LogP contribution in [0.3, 0.4) is 0 Å². The van der Waals surface area contributed by atoms with Crippen LogP contribution in [-0.4, -0.2) is 194 Å². The molecule has 5 aliphatic rings. The number of carbonyl (C=O) groups excluding carboxylic acids is 4. The second-order valence-corrected chi connectivity index (χ2v) is 35.0. The highest BCUT2D eigenvalue weighted by Crippen LogP contribution is 2.46. The Kier molecular flexibility index (Phi) is 28.4. The number of β-amino-alcohol motifs (C(OH)–C–C–N with tert-alkyl or cyclic N) is 1. The number of likely N-dealkylation sites (tertiary alicyclic amines) is 2. The Morgan fingerprint density at radius 1 is 0.400 bits per heavy atom. The molecule has 630 valence electrons. The van der Waals surface area contributed by atoms with Crippen LogP contribution in [0.1, 0.15) is 175 Å². The van der Waals surface area contributed by atoms with Crippen molar-refractivity contribution in [2.24, 2.45) is 5.92 Å². The molecule has 5 unspecified atom stereocenters. The van der Waals surface area contributed by atoms with Gasteiger partial charge in [0.05, 0.1) is 22.9 Å². The second kappa shape index (κ2) is 39.4. The lowest BCUT2D eigenvalue weighted by molar-refractivity contribution is -0.0575. The minimum Gasteiger partial charge on any atom is -0.390 e. The van der Waals surface area contributed by atoms with Gasteiger partial charge in [0.15, 0.2) is 23.1 Å². The van der Waals surface area contributed by atoms with Crippen molar-refractivity contribution < 1.29 is 44.0 Å². The van der Waals surface area contributed by atoms with E-state index < -0.39 is 22.9 Å². The van der Waals surface area contributed by atoms with Crippen LogP contribution >= 0.6 is 0 Å². The van der Waals surface area contributed by atoms with Crippen LogP contribution < -0.4 is 0 Å². The Bertz CT molecular complexity index is 5390. The molecule has 18 heteroatoms. The molecule has 17 rings (SSSR count). The predicted molar refractivity (Wildman–Crippen MR) is 480 cm³/mol. The lowest BCUT2D eigenvalue weighted by Crippen LogP contribution is -2.50. The molecule has 5 aliphatic heterocycles. The number of unbranched alkanes of at least 4 members (excludes halogenated alkanes) is 1. The maximum atomic E-state index is 13.3. The summed E-state index contributed by atoms with van der Waals surface area (Å²) >= 11 is 0. The zero-order valence-corrected chi connectivity index (χ0v) is 71.0. The number of hydrogen-bond acceptors (Lipinski definition) is 13. The number of aryl methyl sites for hydroxylation is 1. The van der Waals surface area contributed by atoms with E-state index in [4.69, 9.17) is 0 Å². The molecule has 5 saturated heterocycles. The van der Waals surface area contributed by atoms with Crippen LogP contribution in [0.2, 0.25) is 0 Å². The second-order valence-electron chi connectivity index (χ2n) is 35.0. The minimum absolute atomic E-state index is 0.0584. The number of nitrogens with zero attached hydrogens (tertiary/aromatic N) is 9. The summed E-state index contributed by atoms with van der Waals surface area (Å²) in [7, 11) is 0. The molecule has 0 spiro atoms. The summed E-state index contributed by atoms with van der Waals surface area (Å²) in [5, 5.41) is 48.1. The predicted octanol–water partition coefficient (Wildman–Crippen LogP) is 17.3. The Balaban J connectivity index is 0.000000131. The number of rotatable bonds is 27. The number of aliphatic hydroxyl groups excluding tert-OH is 1. The summed E-state index contributed by atoms with van der Waals surface area (Å²) < 4.78 is 22.0. The van der Waals surface area contributed by atoms with Gasteiger partial charge < -0.3 is 48.5 Å². The summed E-state index contributed by atoms with van der Waals surface area (Å²) in [5.41, 5.74) is 10.1. The number of piperazine rings is 1. The van der Waals surface area contributed by atoms with Crippen LogP contribution in [0.25, 0.3) is 43.6 Å². The number of halogens is 1. The molecule has 4 aromatic heterocycles. The van der Waals surface area contributed by atoms with Crippen molar-refractivity contribution in [2.75, 3.05) is 78.5 Å². The van der Waals surface area contributed by atoms with Gasteiger partial charge in [-0.25, -0.2) is 4.39 Å². The van der Waals surface area contributed by atoms with Crippen molar-refractivity contribution in [3.63, 3.8) is 0 Å². The minimum atomic E-state index is -0.877. The van der Waals surface area contributed by atoms with E-state index in [1.807, 2.05) is 145 Å². The molecule has 0 aliphatic carbocycles. The van der Waals surface area contributed by atoms with Crippen LogP contribution in [0.4, 0.5) is 4.39 Å². The van der Waals surface area contributed by atoms with Crippen molar-refractivity contribution >= 4 is 66.7 Å². The molecule has 17 nitrogen and oxygen atoms in total. The summed E-state index contributed by atoms with van der Waals surface area (Å²) in [5.74, 6) is 0.579. The fourth-order valence-electron chi connectivity index (χ4n) is 19.6. The number of piperidine rings is 3. The smallest absolute Gasteiger partial charge is 0.161 e. The van der Waals surface area contributed by atoms with E-state index in [0.717, 1.165) is 227 Å². The number of fused-ring (bicyclic) bond motifs is 6. The summed E-state index contributed by atoms with van der Waals surface area (Å²) in [6.07, 6.45) is 17.9. The van der Waals surface area contributed by atoms with Crippen molar-refractivity contribution in [3.05, 3.63) is 287 Å². The number of ketones is 4. The van der Waals surface area contributed by atoms with Crippen molar-refractivity contribution in [2.45, 2.75) is 186 Å². The van der Waals surface area contributed by atoms with Crippen molar-refractivity contribution in [1.29, 1.82) is 0 Å². The standard InChI is InChI=1S/2C26H32N2O2.C25H27FN2O2.C25H31N3O2/c1-20(18-28-19-24(21(2)29)23-10-6-7-11-25(23)28)17-27-14-12-26(30,13-15-27)16-22-8-4-3-5-9-22;1-21(29)24-20-28(25-12-6-5-11-23(24)25)16-8-7-15-27-17-13-26(30,14-18-27)19-22-9-3-2-4-10-22;1-17(29)23-16-27(24-5-3-2-4-22(23)24)12-13-28-20-10-11-21(28)15-25(30,14-20)18-6-8-19(26)9-7-18;1-19(21-8-4-3-5-9-21)27-14-12-26(13-15-27)16-22(30)17-28-18-24(20(2)29)23-10-6-7-11-25(23)28/h3-11,19-20,30H,12-18H2,1-2H3;2-6,9-12,20,30H,7-8,13-19H2,1H3;2-9,16,20-21,30H,10-15H2,1H3;3-11,18-19,22,30H,12-17H2,1-2H3. The van der Waals surface area contributed by atoms with E-state index in [1.54, 1.807) is 39.8 Å². The molecule has 2 bridgehead atoms. The molecule has 0 saturated carbocycles. The van der Waals surface area contributed by atoms with Crippen LogP contribution in [0, 0.1) is 11.7 Å². The molecule has 4 N–H and O–H groups in total. The molecular formula is C102H122FN9O8. The highest BCUT2D eigenvalue weighted by Gasteiger charge is 2.48. The quantitative estimate of drug-likeness (QED) is 0.0282. The van der Waals surface area contributed by atoms with Gasteiger partial charge in [0.25, 0.3) is 0 Å². The Hall–Kier alpha value is -9.83. The first-order chi connectivity index (χ1) is 57.9. The summed E-state index contributed by atoms with van der Waals surface area (Å²) in [6, 6.07) is 70.9. The van der Waals surface area contributed by atoms with Gasteiger partial charge in [0.1, 0.15) is 5.82 Å². The number of aliphatic hydroxyl groups is 4. The number of para-hydroxylation sites is 4. The Labute approximate surface area is 707 Å². The lowest BCUT2D eigenvalue weighted by atomic mass is 9.80. The number of benzene rings is 8. The molecule has 5 atom stereocenters. The Morgan fingerprint density at radius 3 is 1.23 bits per heavy atom. The zero-order chi connectivity index (χ0) is 84.1. The van der Waals surface area contributed by atoms with E-state index in [1.165, 1.54) is 28.8 Å². The average Bonchev–Trinajstić information content (AvgIpc) is 1.55. The molecule has 12 aromatic rings. The maximum absolute atomic E-state index is 13.3. The summed E-state index contributed by atoms with van der Waals surface area (Å²) in [6.45, 7) is 25.5. The zero-order valence-electron chi connectivity index (χ0n) is 71.0. The number of carbonyl (C=O) groups is 4. The van der Waals surface area contributed by atoms with Gasteiger partial charge in [0.2, 0.25) is 0 Å². The molecule has 8 aromatic carbocycles. The third kappa shape index (κ3) is 21.4. The van der Waals surface area contributed by atoms with E-state index in [-0.39, 0.29) is 29.0 Å². The van der Waals surface area contributed by atoms with Crippen LogP contribution in [0.5, 0.6) is 0 Å². The van der Waals surface area contributed by atoms with Gasteiger partial charge in [-0.3, -0.25) is 33.9 Å². The van der Waals surface area contributed by atoms with Gasteiger partial charge in [0, 0.05) is 220 Å². The molecule has 0 amide bonds. The topological polar surface area (TPSA) is 185 Å². The first-order valence-electron chi connectivity index (χ1n) is 43.7. The molecule has 0 radical (unpaired) electrons. The summed E-state index contributed by atoms with van der Waals surface area (Å²) in [4.78, 5) is 60.3. The number of Topliss-reactive ketones (excluding diaryl/α,β-unsaturated/α-hetero) is 4. The number of hydrogen-bond donors (Lipinski definition) is 4. The third-order valence-electron chi connectivity index (χ3n) is 26.2. The average molecular weight is 1620 g/mol.